The van der Waals surface area contributed by atoms with Gasteiger partial charge in [-0.2, -0.15) is 0 Å². The van der Waals surface area contributed by atoms with Crippen LogP contribution in [-0.4, -0.2) is 29.2 Å². The lowest BCUT2D eigenvalue weighted by molar-refractivity contribution is -0.119. The normalized spacial score (nSPS) is 10.2. The van der Waals surface area contributed by atoms with E-state index in [0.717, 1.165) is 17.1 Å². The quantitative estimate of drug-likeness (QED) is 0.841. The van der Waals surface area contributed by atoms with E-state index in [9.17, 15) is 4.79 Å². The second kappa shape index (κ2) is 6.81. The number of nitrogens with zero attached hydrogens (tertiary/aromatic N) is 2. The molecule has 0 aliphatic heterocycles. The van der Waals surface area contributed by atoms with Crippen molar-refractivity contribution in [3.05, 3.63) is 35.3 Å². The molecule has 7 heteroatoms. The van der Waals surface area contributed by atoms with Gasteiger partial charge in [-0.25, -0.2) is 0 Å². The molecule has 0 bridgehead atoms. The van der Waals surface area contributed by atoms with Gasteiger partial charge in [0.1, 0.15) is 6.61 Å². The zero-order valence-corrected chi connectivity index (χ0v) is 11.2. The van der Waals surface area contributed by atoms with Gasteiger partial charge >= 0.3 is 0 Å². The van der Waals surface area contributed by atoms with Crippen LogP contribution in [-0.2, 0) is 16.1 Å². The molecule has 1 aromatic heterocycles. The number of aromatic nitrogens is 2. The molecule has 100 valence electrons. The maximum absolute atomic E-state index is 11.3. The van der Waals surface area contributed by atoms with E-state index in [1.165, 1.54) is 18.6 Å². The molecule has 1 aromatic carbocycles. The highest BCUT2D eigenvalue weighted by molar-refractivity contribution is 7.03. The summed E-state index contributed by atoms with van der Waals surface area (Å²) in [5.41, 5.74) is 2.60. The van der Waals surface area contributed by atoms with Crippen LogP contribution in [0.5, 0.6) is 0 Å². The number of rotatable bonds is 6. The minimum atomic E-state index is -0.170. The Balaban J connectivity index is 1.85. The predicted octanol–water partition coefficient (Wildman–Crippen LogP) is 1.74. The summed E-state index contributed by atoms with van der Waals surface area (Å²) in [6.07, 6.45) is 0. The van der Waals surface area contributed by atoms with Crippen molar-refractivity contribution in [2.45, 2.75) is 6.54 Å². The van der Waals surface area contributed by atoms with Crippen LogP contribution in [0.15, 0.2) is 29.6 Å². The van der Waals surface area contributed by atoms with Gasteiger partial charge in [0.2, 0.25) is 5.91 Å². The molecule has 0 fully saturated rings. The van der Waals surface area contributed by atoms with Gasteiger partial charge in [-0.15, -0.1) is 5.10 Å². The summed E-state index contributed by atoms with van der Waals surface area (Å²) < 4.78 is 8.53. The molecule has 0 unspecified atom stereocenters. The number of hydrogen-bond acceptors (Lipinski definition) is 6. The van der Waals surface area contributed by atoms with E-state index in [-0.39, 0.29) is 12.5 Å². The fraction of sp³-hybridized carbons (Fsp3) is 0.250. The lowest BCUT2D eigenvalue weighted by Gasteiger charge is -2.07. The summed E-state index contributed by atoms with van der Waals surface area (Å²) >= 11 is 1.33. The molecule has 0 spiro atoms. The topological polar surface area (TPSA) is 76.1 Å². The van der Waals surface area contributed by atoms with Crippen molar-refractivity contribution in [3.8, 4) is 0 Å². The first-order valence-corrected chi connectivity index (χ1v) is 6.50. The lowest BCUT2D eigenvalue weighted by atomic mass is 10.2. The van der Waals surface area contributed by atoms with Crippen molar-refractivity contribution in [1.29, 1.82) is 0 Å². The van der Waals surface area contributed by atoms with Gasteiger partial charge in [-0.1, -0.05) is 4.49 Å². The predicted molar refractivity (Wildman–Crippen MR) is 74.2 cm³/mol. The highest BCUT2D eigenvalue weighted by atomic mass is 32.1. The van der Waals surface area contributed by atoms with Crippen molar-refractivity contribution in [3.63, 3.8) is 0 Å². The average molecular weight is 278 g/mol. The summed E-state index contributed by atoms with van der Waals surface area (Å²) in [5, 5.41) is 11.8. The van der Waals surface area contributed by atoms with E-state index in [1.807, 2.05) is 29.6 Å². The first-order chi connectivity index (χ1) is 9.28. The first-order valence-electron chi connectivity index (χ1n) is 5.66. The van der Waals surface area contributed by atoms with Gasteiger partial charge < -0.3 is 15.4 Å². The summed E-state index contributed by atoms with van der Waals surface area (Å²) in [7, 11) is 1.49. The van der Waals surface area contributed by atoms with Gasteiger partial charge in [-0.05, 0) is 35.8 Å². The Labute approximate surface area is 115 Å². The molecule has 0 atom stereocenters. The summed E-state index contributed by atoms with van der Waals surface area (Å²) in [6, 6.07) is 7.44. The lowest BCUT2D eigenvalue weighted by Crippen LogP contribution is -2.16. The molecule has 2 N–H and O–H groups in total. The average Bonchev–Trinajstić information content (AvgIpc) is 2.91. The van der Waals surface area contributed by atoms with E-state index in [0.29, 0.717) is 6.54 Å². The highest BCUT2D eigenvalue weighted by Crippen LogP contribution is 2.14. The molecule has 0 aliphatic rings. The van der Waals surface area contributed by atoms with Gasteiger partial charge in [-0.3, -0.25) is 4.79 Å². The minimum absolute atomic E-state index is 0.0524. The Morgan fingerprint density at radius 1 is 1.32 bits per heavy atom. The summed E-state index contributed by atoms with van der Waals surface area (Å²) in [5.74, 6) is -0.170. The van der Waals surface area contributed by atoms with E-state index < -0.39 is 0 Å². The van der Waals surface area contributed by atoms with Gasteiger partial charge in [0, 0.05) is 23.9 Å². The zero-order valence-electron chi connectivity index (χ0n) is 10.4. The Hall–Kier alpha value is -1.99. The van der Waals surface area contributed by atoms with Crippen molar-refractivity contribution < 1.29 is 9.53 Å². The molecule has 0 saturated heterocycles. The molecule has 0 radical (unpaired) electrons. The van der Waals surface area contributed by atoms with Crippen LogP contribution >= 0.6 is 11.5 Å². The standard InChI is InChI=1S/C12H14N4O2S/c1-18-7-12(17)14-10-4-2-9(3-5-10)13-6-11-8-19-16-15-11/h2-5,8,13H,6-7H2,1H3,(H,14,17). The Morgan fingerprint density at radius 3 is 2.68 bits per heavy atom. The van der Waals surface area contributed by atoms with Crippen LogP contribution in [0.4, 0.5) is 11.4 Å². The largest absolute Gasteiger partial charge is 0.379 e. The Kier molecular flexibility index (Phi) is 4.82. The number of hydrogen-bond donors (Lipinski definition) is 2. The maximum atomic E-state index is 11.3. The fourth-order valence-electron chi connectivity index (χ4n) is 1.45. The molecule has 19 heavy (non-hydrogen) atoms. The van der Waals surface area contributed by atoms with Crippen LogP contribution in [0.25, 0.3) is 0 Å². The molecule has 1 heterocycles. The molecule has 2 aromatic rings. The van der Waals surface area contributed by atoms with Gasteiger partial charge in [0.05, 0.1) is 12.2 Å². The monoisotopic (exact) mass is 278 g/mol. The third-order valence-electron chi connectivity index (χ3n) is 2.32. The van der Waals surface area contributed by atoms with Gasteiger partial charge in [0.15, 0.2) is 0 Å². The van der Waals surface area contributed by atoms with E-state index in [1.54, 1.807) is 0 Å². The highest BCUT2D eigenvalue weighted by Gasteiger charge is 2.01. The number of carbonyl (C=O) groups is 1. The molecule has 0 aliphatic carbocycles. The van der Waals surface area contributed by atoms with Gasteiger partial charge in [0.25, 0.3) is 0 Å². The molecular formula is C12H14N4O2S. The number of benzene rings is 1. The zero-order chi connectivity index (χ0) is 13.5. The minimum Gasteiger partial charge on any atom is -0.379 e. The number of nitrogens with one attached hydrogen (secondary N) is 2. The molecule has 1 amide bonds. The Bertz CT molecular complexity index is 513. The number of anilines is 2. The van der Waals surface area contributed by atoms with Crippen molar-refractivity contribution in [2.75, 3.05) is 24.4 Å². The SMILES string of the molecule is COCC(=O)Nc1ccc(NCc2csnn2)cc1. The molecule has 0 saturated carbocycles. The van der Waals surface area contributed by atoms with Crippen molar-refractivity contribution in [2.24, 2.45) is 0 Å². The van der Waals surface area contributed by atoms with E-state index in [4.69, 9.17) is 4.74 Å². The number of ether oxygens (including phenoxy) is 1. The number of amides is 1. The Morgan fingerprint density at radius 2 is 2.05 bits per heavy atom. The fourth-order valence-corrected chi connectivity index (χ4v) is 1.90. The second-order valence-corrected chi connectivity index (χ2v) is 4.42. The first kappa shape index (κ1) is 13.4. The van der Waals surface area contributed by atoms with Crippen LogP contribution in [0.1, 0.15) is 5.69 Å². The van der Waals surface area contributed by atoms with E-state index >= 15 is 0 Å². The smallest absolute Gasteiger partial charge is 0.250 e. The van der Waals surface area contributed by atoms with E-state index in [2.05, 4.69) is 20.2 Å². The van der Waals surface area contributed by atoms with Crippen LogP contribution in [0, 0.1) is 0 Å². The van der Waals surface area contributed by atoms with Crippen LogP contribution in [0.2, 0.25) is 0 Å². The molecule has 6 nitrogen and oxygen atoms in total. The number of methoxy groups -OCH3 is 1. The number of carbonyl (C=O) groups excluding carboxylic acids is 1. The maximum Gasteiger partial charge on any atom is 0.250 e. The van der Waals surface area contributed by atoms with Crippen LogP contribution in [0.3, 0.4) is 0 Å². The summed E-state index contributed by atoms with van der Waals surface area (Å²) in [6.45, 7) is 0.683. The van der Waals surface area contributed by atoms with Crippen molar-refractivity contribution in [1.82, 2.24) is 9.59 Å². The summed E-state index contributed by atoms with van der Waals surface area (Å²) in [4.78, 5) is 11.3. The molecule has 2 rings (SSSR count). The second-order valence-electron chi connectivity index (χ2n) is 3.81. The third kappa shape index (κ3) is 4.31. The molecular weight excluding hydrogens is 264 g/mol. The third-order valence-corrected chi connectivity index (χ3v) is 2.88. The van der Waals surface area contributed by atoms with Crippen LogP contribution < -0.4 is 10.6 Å². The van der Waals surface area contributed by atoms with Crippen molar-refractivity contribution >= 4 is 28.8 Å².